The lowest BCUT2D eigenvalue weighted by Gasteiger charge is -2.20. The first-order valence-corrected chi connectivity index (χ1v) is 5.43. The molecular weight excluding hydrogens is 226 g/mol. The molecule has 17 heavy (non-hydrogen) atoms. The molecule has 7 heteroatoms. The second-order valence-electron chi connectivity index (χ2n) is 3.56. The zero-order valence-corrected chi connectivity index (χ0v) is 10.3. The molecule has 0 aromatic carbocycles. The summed E-state index contributed by atoms with van der Waals surface area (Å²) >= 11 is 0. The molecule has 0 aliphatic heterocycles. The molecule has 1 atom stereocenters. The van der Waals surface area contributed by atoms with E-state index in [4.69, 9.17) is 5.11 Å². The molecule has 0 saturated heterocycles. The van der Waals surface area contributed by atoms with Crippen LogP contribution in [0.4, 0.5) is 4.79 Å². The van der Waals surface area contributed by atoms with Gasteiger partial charge in [-0.3, -0.25) is 4.79 Å². The van der Waals surface area contributed by atoms with Gasteiger partial charge in [0.25, 0.3) is 0 Å². The second kappa shape index (κ2) is 7.48. The van der Waals surface area contributed by atoms with Crippen molar-refractivity contribution in [2.24, 2.45) is 0 Å². The molecule has 0 rings (SSSR count). The lowest BCUT2D eigenvalue weighted by atomic mass is 10.2. The highest BCUT2D eigenvalue weighted by atomic mass is 16.4. The molecule has 98 valence electrons. The van der Waals surface area contributed by atoms with E-state index in [1.54, 1.807) is 13.8 Å². The SMILES string of the molecule is CCNC(=O)CN(C)C(=O)NC(CC)C(=O)O. The fraction of sp³-hybridized carbons (Fsp3) is 0.700. The number of carbonyl (C=O) groups is 3. The van der Waals surface area contributed by atoms with E-state index in [9.17, 15) is 14.4 Å². The van der Waals surface area contributed by atoms with Crippen LogP contribution in [0.1, 0.15) is 20.3 Å². The molecule has 3 N–H and O–H groups in total. The first-order chi connectivity index (χ1) is 7.92. The van der Waals surface area contributed by atoms with E-state index in [0.717, 1.165) is 4.90 Å². The molecule has 0 aromatic rings. The number of amides is 3. The van der Waals surface area contributed by atoms with Crippen LogP contribution in [0.3, 0.4) is 0 Å². The number of aliphatic carboxylic acids is 1. The van der Waals surface area contributed by atoms with Gasteiger partial charge in [0.15, 0.2) is 0 Å². The Morgan fingerprint density at radius 1 is 1.29 bits per heavy atom. The average molecular weight is 245 g/mol. The minimum atomic E-state index is -1.09. The van der Waals surface area contributed by atoms with Gasteiger partial charge in [0.1, 0.15) is 12.6 Å². The monoisotopic (exact) mass is 245 g/mol. The standard InChI is InChI=1S/C10H19N3O4/c1-4-7(9(15)16)12-10(17)13(3)6-8(14)11-5-2/h7H,4-6H2,1-3H3,(H,11,14)(H,12,17)(H,15,16). The van der Waals surface area contributed by atoms with Crippen molar-refractivity contribution in [2.45, 2.75) is 26.3 Å². The first kappa shape index (κ1) is 15.2. The highest BCUT2D eigenvalue weighted by Gasteiger charge is 2.20. The van der Waals surface area contributed by atoms with Crippen LogP contribution in [0.15, 0.2) is 0 Å². The first-order valence-electron chi connectivity index (χ1n) is 5.43. The summed E-state index contributed by atoms with van der Waals surface area (Å²) in [5.74, 6) is -1.37. The van der Waals surface area contributed by atoms with Gasteiger partial charge in [0.05, 0.1) is 0 Å². The fourth-order valence-electron chi connectivity index (χ4n) is 1.14. The van der Waals surface area contributed by atoms with E-state index in [1.165, 1.54) is 7.05 Å². The van der Waals surface area contributed by atoms with Crippen LogP contribution >= 0.6 is 0 Å². The van der Waals surface area contributed by atoms with Crippen LogP contribution in [0, 0.1) is 0 Å². The largest absolute Gasteiger partial charge is 0.480 e. The Labute approximate surface area is 100 Å². The summed E-state index contributed by atoms with van der Waals surface area (Å²) in [4.78, 5) is 34.6. The lowest BCUT2D eigenvalue weighted by molar-refractivity contribution is -0.139. The molecule has 7 nitrogen and oxygen atoms in total. The molecule has 0 heterocycles. The number of nitrogens with one attached hydrogen (secondary N) is 2. The summed E-state index contributed by atoms with van der Waals surface area (Å²) in [5, 5.41) is 13.6. The van der Waals surface area contributed by atoms with E-state index in [0.29, 0.717) is 6.54 Å². The normalized spacial score (nSPS) is 11.5. The summed E-state index contributed by atoms with van der Waals surface area (Å²) in [7, 11) is 1.43. The highest BCUT2D eigenvalue weighted by molar-refractivity contribution is 5.86. The fourth-order valence-corrected chi connectivity index (χ4v) is 1.14. The van der Waals surface area contributed by atoms with Gasteiger partial charge in [-0.15, -0.1) is 0 Å². The minimum absolute atomic E-state index is 0.101. The topological polar surface area (TPSA) is 98.7 Å². The quantitative estimate of drug-likeness (QED) is 0.594. The maximum atomic E-state index is 11.5. The number of likely N-dealkylation sites (N-methyl/N-ethyl adjacent to an activating group) is 2. The molecule has 0 saturated carbocycles. The Hall–Kier alpha value is -1.79. The number of carbonyl (C=O) groups excluding carboxylic acids is 2. The third-order valence-corrected chi connectivity index (χ3v) is 2.11. The number of urea groups is 1. The molecule has 0 radical (unpaired) electrons. The third kappa shape index (κ3) is 5.74. The predicted octanol–water partition coefficient (Wildman–Crippen LogP) is -0.373. The second-order valence-corrected chi connectivity index (χ2v) is 3.56. The van der Waals surface area contributed by atoms with Crippen molar-refractivity contribution < 1.29 is 19.5 Å². The molecular formula is C10H19N3O4. The van der Waals surface area contributed by atoms with Crippen molar-refractivity contribution in [1.82, 2.24) is 15.5 Å². The lowest BCUT2D eigenvalue weighted by Crippen LogP contribution is -2.48. The minimum Gasteiger partial charge on any atom is -0.480 e. The van der Waals surface area contributed by atoms with Crippen LogP contribution in [-0.2, 0) is 9.59 Å². The van der Waals surface area contributed by atoms with Gasteiger partial charge in [-0.05, 0) is 13.3 Å². The molecule has 3 amide bonds. The summed E-state index contributed by atoms with van der Waals surface area (Å²) in [5.41, 5.74) is 0. The van der Waals surface area contributed by atoms with Crippen LogP contribution in [0.5, 0.6) is 0 Å². The van der Waals surface area contributed by atoms with Crippen LogP contribution < -0.4 is 10.6 Å². The Balaban J connectivity index is 4.21. The smallest absolute Gasteiger partial charge is 0.326 e. The van der Waals surface area contributed by atoms with E-state index in [-0.39, 0.29) is 18.9 Å². The van der Waals surface area contributed by atoms with Crippen LogP contribution in [0.25, 0.3) is 0 Å². The Morgan fingerprint density at radius 3 is 2.29 bits per heavy atom. The van der Waals surface area contributed by atoms with E-state index >= 15 is 0 Å². The summed E-state index contributed by atoms with van der Waals surface area (Å²) < 4.78 is 0. The van der Waals surface area contributed by atoms with Gasteiger partial charge in [0, 0.05) is 13.6 Å². The van der Waals surface area contributed by atoms with Gasteiger partial charge >= 0.3 is 12.0 Å². The van der Waals surface area contributed by atoms with Gasteiger partial charge in [-0.1, -0.05) is 6.92 Å². The average Bonchev–Trinajstić information content (AvgIpc) is 2.25. The van der Waals surface area contributed by atoms with Crippen molar-refractivity contribution in [1.29, 1.82) is 0 Å². The van der Waals surface area contributed by atoms with Crippen LogP contribution in [-0.4, -0.2) is 54.1 Å². The number of nitrogens with zero attached hydrogens (tertiary/aromatic N) is 1. The molecule has 0 aliphatic carbocycles. The number of rotatable bonds is 6. The molecule has 1 unspecified atom stereocenters. The van der Waals surface area contributed by atoms with Gasteiger partial charge < -0.3 is 20.6 Å². The maximum absolute atomic E-state index is 11.5. The van der Waals surface area contributed by atoms with Crippen LogP contribution in [0.2, 0.25) is 0 Å². The van der Waals surface area contributed by atoms with Crippen molar-refractivity contribution in [2.75, 3.05) is 20.1 Å². The van der Waals surface area contributed by atoms with Crippen molar-refractivity contribution in [3.05, 3.63) is 0 Å². The molecule has 0 aromatic heterocycles. The van der Waals surface area contributed by atoms with Crippen molar-refractivity contribution >= 4 is 17.9 Å². The molecule has 0 spiro atoms. The zero-order chi connectivity index (χ0) is 13.4. The van der Waals surface area contributed by atoms with Gasteiger partial charge in [-0.25, -0.2) is 9.59 Å². The number of hydrogen-bond acceptors (Lipinski definition) is 3. The highest BCUT2D eigenvalue weighted by Crippen LogP contribution is 1.93. The molecule has 0 fully saturated rings. The number of carboxylic acid groups (broad SMARTS) is 1. The molecule has 0 bridgehead atoms. The summed E-state index contributed by atoms with van der Waals surface area (Å²) in [6, 6.07) is -1.51. The maximum Gasteiger partial charge on any atom is 0.326 e. The van der Waals surface area contributed by atoms with E-state index < -0.39 is 18.0 Å². The summed E-state index contributed by atoms with van der Waals surface area (Å²) in [6.07, 6.45) is 0.288. The zero-order valence-electron chi connectivity index (χ0n) is 10.3. The van der Waals surface area contributed by atoms with Gasteiger partial charge in [0.2, 0.25) is 5.91 Å². The van der Waals surface area contributed by atoms with E-state index in [2.05, 4.69) is 10.6 Å². The Kier molecular flexibility index (Phi) is 6.69. The Morgan fingerprint density at radius 2 is 1.88 bits per heavy atom. The molecule has 0 aliphatic rings. The summed E-state index contributed by atoms with van der Waals surface area (Å²) in [6.45, 7) is 3.81. The third-order valence-electron chi connectivity index (χ3n) is 2.11. The number of hydrogen-bond donors (Lipinski definition) is 3. The van der Waals surface area contributed by atoms with Crippen molar-refractivity contribution in [3.63, 3.8) is 0 Å². The number of carboxylic acids is 1. The Bertz CT molecular complexity index is 293. The van der Waals surface area contributed by atoms with Crippen molar-refractivity contribution in [3.8, 4) is 0 Å². The van der Waals surface area contributed by atoms with E-state index in [1.807, 2.05) is 0 Å². The van der Waals surface area contributed by atoms with Gasteiger partial charge in [-0.2, -0.15) is 0 Å². The predicted molar refractivity (Wildman–Crippen MR) is 61.6 cm³/mol.